The molecule has 2 N–H and O–H groups in total. The molecule has 0 radical (unpaired) electrons. The summed E-state index contributed by atoms with van der Waals surface area (Å²) in [4.78, 5) is 19.9. The van der Waals surface area contributed by atoms with Crippen LogP contribution in [0.25, 0.3) is 10.2 Å². The molecule has 2 aliphatic rings. The maximum Gasteiger partial charge on any atom is 0.425 e. The normalized spacial score (nSPS) is 20.1. The van der Waals surface area contributed by atoms with E-state index in [1.54, 1.807) is 0 Å². The summed E-state index contributed by atoms with van der Waals surface area (Å²) in [7, 11) is 0. The molecule has 7 nitrogen and oxygen atoms in total. The number of halogens is 3. The summed E-state index contributed by atoms with van der Waals surface area (Å²) in [6, 6.07) is 6.79. The Morgan fingerprint density at radius 1 is 1.09 bits per heavy atom. The van der Waals surface area contributed by atoms with Crippen molar-refractivity contribution >= 4 is 33.3 Å². The van der Waals surface area contributed by atoms with Gasteiger partial charge in [-0.05, 0) is 55.9 Å². The monoisotopic (exact) mass is 507 g/mol. The summed E-state index contributed by atoms with van der Waals surface area (Å²) in [6.07, 6.45) is -1.66. The Bertz CT molecular complexity index is 1240. The van der Waals surface area contributed by atoms with Crippen molar-refractivity contribution in [1.82, 2.24) is 9.97 Å². The van der Waals surface area contributed by atoms with Gasteiger partial charge in [-0.2, -0.15) is 13.2 Å². The first kappa shape index (κ1) is 23.7. The van der Waals surface area contributed by atoms with Gasteiger partial charge in [-0.15, -0.1) is 11.3 Å². The number of aromatic nitrogens is 2. The van der Waals surface area contributed by atoms with Gasteiger partial charge in [0, 0.05) is 12.5 Å². The van der Waals surface area contributed by atoms with Crippen LogP contribution in [0.2, 0.25) is 0 Å². The zero-order valence-corrected chi connectivity index (χ0v) is 19.5. The third-order valence-corrected chi connectivity index (χ3v) is 7.52. The minimum atomic E-state index is -4.46. The van der Waals surface area contributed by atoms with Gasteiger partial charge >= 0.3 is 12.1 Å². The zero-order valence-electron chi connectivity index (χ0n) is 18.7. The van der Waals surface area contributed by atoms with Gasteiger partial charge in [-0.25, -0.2) is 9.97 Å². The molecule has 0 unspecified atom stereocenters. The summed E-state index contributed by atoms with van der Waals surface area (Å²) >= 11 is 0.607. The Labute approximate surface area is 203 Å². The molecule has 186 valence electrons. The van der Waals surface area contributed by atoms with Crippen LogP contribution < -0.4 is 14.8 Å². The Hall–Kier alpha value is -3.08. The standard InChI is InChI=1S/C24H24F3N3O4S/c25-24(26,27)19-12-16-21(28-8-7-13-1-6-17-18(11-13)34-10-9-33-17)29-20(30-22(16)35-19)14-2-4-15(5-3-14)23(31)32/h1,6,11-12,14-15H,2-5,7-10H2,(H,31,32)(H,28,29,30). The number of alkyl halides is 3. The number of carboxylic acids is 1. The van der Waals surface area contributed by atoms with Gasteiger partial charge in [-0.3, -0.25) is 4.79 Å². The maximum absolute atomic E-state index is 13.4. The number of thiophene rings is 1. The summed E-state index contributed by atoms with van der Waals surface area (Å²) in [5.41, 5.74) is 1.00. The van der Waals surface area contributed by atoms with E-state index in [2.05, 4.69) is 15.3 Å². The van der Waals surface area contributed by atoms with Gasteiger partial charge in [0.2, 0.25) is 0 Å². The van der Waals surface area contributed by atoms with Crippen LogP contribution in [0.4, 0.5) is 19.0 Å². The quantitative estimate of drug-likeness (QED) is 0.455. The highest BCUT2D eigenvalue weighted by atomic mass is 32.1. The summed E-state index contributed by atoms with van der Waals surface area (Å²) in [5, 5.41) is 12.8. The fourth-order valence-electron chi connectivity index (χ4n) is 4.56. The van der Waals surface area contributed by atoms with Crippen LogP contribution in [0.5, 0.6) is 11.5 Å². The minimum Gasteiger partial charge on any atom is -0.486 e. The van der Waals surface area contributed by atoms with Crippen molar-refractivity contribution < 1.29 is 32.5 Å². The van der Waals surface area contributed by atoms with Gasteiger partial charge in [0.25, 0.3) is 0 Å². The molecule has 1 aliphatic carbocycles. The highest BCUT2D eigenvalue weighted by molar-refractivity contribution is 7.18. The van der Waals surface area contributed by atoms with E-state index in [4.69, 9.17) is 9.47 Å². The van der Waals surface area contributed by atoms with E-state index in [0.29, 0.717) is 91.7 Å². The van der Waals surface area contributed by atoms with Crippen LogP contribution >= 0.6 is 11.3 Å². The number of anilines is 1. The van der Waals surface area contributed by atoms with Crippen LogP contribution in [0.3, 0.4) is 0 Å². The van der Waals surface area contributed by atoms with E-state index in [0.717, 1.165) is 11.6 Å². The van der Waals surface area contributed by atoms with Crippen molar-refractivity contribution in [2.45, 2.75) is 44.2 Å². The third-order valence-electron chi connectivity index (χ3n) is 6.44. The first-order valence-corrected chi connectivity index (χ1v) is 12.3. The Kier molecular flexibility index (Phi) is 6.43. The number of aliphatic carboxylic acids is 1. The van der Waals surface area contributed by atoms with E-state index in [1.807, 2.05) is 18.2 Å². The van der Waals surface area contributed by atoms with Gasteiger partial charge in [-0.1, -0.05) is 6.07 Å². The predicted octanol–water partition coefficient (Wildman–Crippen LogP) is 5.49. The number of fused-ring (bicyclic) bond motifs is 2. The molecule has 3 heterocycles. The lowest BCUT2D eigenvalue weighted by molar-refractivity contribution is -0.143. The number of carbonyl (C=O) groups is 1. The average Bonchev–Trinajstić information content (AvgIpc) is 3.29. The molecule has 2 aromatic heterocycles. The van der Waals surface area contributed by atoms with Crippen molar-refractivity contribution in [3.05, 3.63) is 40.5 Å². The lowest BCUT2D eigenvalue weighted by Crippen LogP contribution is -2.21. The topological polar surface area (TPSA) is 93.6 Å². The minimum absolute atomic E-state index is 0.0789. The molecule has 1 aromatic carbocycles. The third kappa shape index (κ3) is 5.14. The van der Waals surface area contributed by atoms with Gasteiger partial charge < -0.3 is 19.9 Å². The second-order valence-electron chi connectivity index (χ2n) is 8.80. The molecule has 0 bridgehead atoms. The van der Waals surface area contributed by atoms with Crippen LogP contribution in [0, 0.1) is 5.92 Å². The number of rotatable bonds is 6. The van der Waals surface area contributed by atoms with E-state index in [1.165, 1.54) is 0 Å². The van der Waals surface area contributed by atoms with E-state index in [9.17, 15) is 23.1 Å². The molecule has 0 atom stereocenters. The first-order valence-electron chi connectivity index (χ1n) is 11.5. The lowest BCUT2D eigenvalue weighted by atomic mass is 9.81. The van der Waals surface area contributed by atoms with Gasteiger partial charge in [0.1, 0.15) is 34.6 Å². The molecule has 3 aromatic rings. The molecular weight excluding hydrogens is 483 g/mol. The Morgan fingerprint density at radius 2 is 1.83 bits per heavy atom. The predicted molar refractivity (Wildman–Crippen MR) is 124 cm³/mol. The summed E-state index contributed by atoms with van der Waals surface area (Å²) in [6.45, 7) is 1.46. The van der Waals surface area contributed by atoms with E-state index >= 15 is 0 Å². The molecule has 5 rings (SSSR count). The fourth-order valence-corrected chi connectivity index (χ4v) is 5.47. The maximum atomic E-state index is 13.4. The lowest BCUT2D eigenvalue weighted by Gasteiger charge is -2.25. The number of benzene rings is 1. The SMILES string of the molecule is O=C(O)C1CCC(c2nc(NCCc3ccc4c(c3)OCCO4)c3cc(C(F)(F)F)sc3n2)CC1. The summed E-state index contributed by atoms with van der Waals surface area (Å²) in [5.74, 6) is 0.945. The van der Waals surface area contributed by atoms with Crippen LogP contribution in [0.1, 0.15) is 47.9 Å². The van der Waals surface area contributed by atoms with Crippen molar-refractivity contribution in [2.24, 2.45) is 5.92 Å². The Morgan fingerprint density at radius 3 is 2.54 bits per heavy atom. The molecule has 11 heteroatoms. The molecule has 0 spiro atoms. The number of hydrogen-bond donors (Lipinski definition) is 2. The first-order chi connectivity index (χ1) is 16.8. The molecule has 1 saturated carbocycles. The Balaban J connectivity index is 1.37. The fraction of sp³-hybridized carbons (Fsp3) is 0.458. The van der Waals surface area contributed by atoms with E-state index in [-0.39, 0.29) is 10.7 Å². The number of hydrogen-bond acceptors (Lipinski definition) is 7. The molecule has 35 heavy (non-hydrogen) atoms. The van der Waals surface area contributed by atoms with Crippen molar-refractivity contribution in [3.8, 4) is 11.5 Å². The molecular formula is C24H24F3N3O4S. The van der Waals surface area contributed by atoms with E-state index < -0.39 is 22.9 Å². The van der Waals surface area contributed by atoms with Crippen LogP contribution in [0.15, 0.2) is 24.3 Å². The smallest absolute Gasteiger partial charge is 0.425 e. The van der Waals surface area contributed by atoms with Gasteiger partial charge in [0.15, 0.2) is 11.5 Å². The second-order valence-corrected chi connectivity index (χ2v) is 9.83. The number of ether oxygens (including phenoxy) is 2. The number of nitrogens with zero attached hydrogens (tertiary/aromatic N) is 2. The number of carboxylic acid groups (broad SMARTS) is 1. The molecule has 1 fully saturated rings. The average molecular weight is 508 g/mol. The number of nitrogens with one attached hydrogen (secondary N) is 1. The van der Waals surface area contributed by atoms with Crippen LogP contribution in [-0.4, -0.2) is 40.8 Å². The highest BCUT2D eigenvalue weighted by Gasteiger charge is 2.34. The zero-order chi connectivity index (χ0) is 24.6. The van der Waals surface area contributed by atoms with Crippen molar-refractivity contribution in [3.63, 3.8) is 0 Å². The molecule has 0 amide bonds. The van der Waals surface area contributed by atoms with Gasteiger partial charge in [0.05, 0.1) is 11.3 Å². The van der Waals surface area contributed by atoms with Crippen molar-refractivity contribution in [2.75, 3.05) is 25.1 Å². The van der Waals surface area contributed by atoms with Crippen molar-refractivity contribution in [1.29, 1.82) is 0 Å². The summed E-state index contributed by atoms with van der Waals surface area (Å²) < 4.78 is 51.4. The largest absolute Gasteiger partial charge is 0.486 e. The van der Waals surface area contributed by atoms with Crippen LogP contribution in [-0.2, 0) is 17.4 Å². The molecule has 0 saturated heterocycles. The molecule has 1 aliphatic heterocycles. The highest BCUT2D eigenvalue weighted by Crippen LogP contribution is 2.41. The second kappa shape index (κ2) is 9.52.